The molecule has 6 nitrogen and oxygen atoms in total. The molecule has 0 atom stereocenters. The van der Waals surface area contributed by atoms with Crippen molar-refractivity contribution < 1.29 is 0 Å². The molecule has 1 aromatic carbocycles. The Hall–Kier alpha value is -1.54. The van der Waals surface area contributed by atoms with E-state index in [-0.39, 0.29) is 0 Å². The average Bonchev–Trinajstić information content (AvgIpc) is 2.90. The molecule has 0 saturated heterocycles. The quantitative estimate of drug-likeness (QED) is 0.635. The highest BCUT2D eigenvalue weighted by molar-refractivity contribution is 7.99. The van der Waals surface area contributed by atoms with E-state index in [9.17, 15) is 0 Å². The minimum Gasteiger partial charge on any atom is -0.382 e. The van der Waals surface area contributed by atoms with Gasteiger partial charge in [0.1, 0.15) is 6.33 Å². The van der Waals surface area contributed by atoms with Crippen LogP contribution >= 0.6 is 35.0 Å². The van der Waals surface area contributed by atoms with Gasteiger partial charge in [0.05, 0.1) is 5.02 Å². The van der Waals surface area contributed by atoms with Gasteiger partial charge in [-0.05, 0) is 24.7 Å². The van der Waals surface area contributed by atoms with Crippen LogP contribution in [0.5, 0.6) is 0 Å². The lowest BCUT2D eigenvalue weighted by atomic mass is 10.4. The van der Waals surface area contributed by atoms with E-state index < -0.39 is 0 Å². The molecule has 0 bridgehead atoms. The van der Waals surface area contributed by atoms with Crippen molar-refractivity contribution in [1.82, 2.24) is 24.8 Å². The number of halogens is 2. The number of rotatable bonds is 6. The van der Waals surface area contributed by atoms with Crippen LogP contribution in [0.3, 0.4) is 0 Å². The molecule has 3 N–H and O–H groups in total. The van der Waals surface area contributed by atoms with Crippen molar-refractivity contribution in [2.24, 2.45) is 0 Å². The smallest absolute Gasteiger partial charge is 0.175 e. The van der Waals surface area contributed by atoms with Crippen LogP contribution in [0.4, 0.5) is 5.82 Å². The van der Waals surface area contributed by atoms with Crippen molar-refractivity contribution >= 4 is 51.9 Å². The minimum atomic E-state index is 0.367. The monoisotopic (exact) mass is 382 g/mol. The van der Waals surface area contributed by atoms with Crippen LogP contribution in [-0.2, 0) is 6.54 Å². The second kappa shape index (κ2) is 7.57. The average molecular weight is 383 g/mol. The van der Waals surface area contributed by atoms with Gasteiger partial charge in [-0.2, -0.15) is 0 Å². The van der Waals surface area contributed by atoms with Gasteiger partial charge in [-0.1, -0.05) is 41.9 Å². The standard InChI is InChI=1S/C15H16Cl2N6S/c1-2-19-5-6-23-14-12(13(18)20-8-21-14)22-15(23)24-11-4-3-9(16)7-10(11)17/h3-4,7-8,19H,2,5-6H2,1H3,(H2,18,20,21). The van der Waals surface area contributed by atoms with Crippen molar-refractivity contribution in [3.63, 3.8) is 0 Å². The zero-order valence-corrected chi connectivity index (χ0v) is 15.3. The Morgan fingerprint density at radius 3 is 2.88 bits per heavy atom. The summed E-state index contributed by atoms with van der Waals surface area (Å²) in [6.07, 6.45) is 1.45. The van der Waals surface area contributed by atoms with Crippen molar-refractivity contribution in [1.29, 1.82) is 0 Å². The number of imidazole rings is 1. The van der Waals surface area contributed by atoms with Crippen LogP contribution in [0.15, 0.2) is 34.6 Å². The fourth-order valence-corrected chi connectivity index (χ4v) is 3.68. The Bertz CT molecular complexity index is 867. The lowest BCUT2D eigenvalue weighted by Crippen LogP contribution is -2.19. The summed E-state index contributed by atoms with van der Waals surface area (Å²) in [4.78, 5) is 13.8. The summed E-state index contributed by atoms with van der Waals surface area (Å²) < 4.78 is 2.02. The summed E-state index contributed by atoms with van der Waals surface area (Å²) in [5.74, 6) is 0.367. The first-order chi connectivity index (χ1) is 11.6. The summed E-state index contributed by atoms with van der Waals surface area (Å²) in [5.41, 5.74) is 7.26. The SMILES string of the molecule is CCNCCn1c(Sc2ccc(Cl)cc2Cl)nc2c(N)ncnc21. The van der Waals surface area contributed by atoms with E-state index in [2.05, 4.69) is 27.2 Å². The van der Waals surface area contributed by atoms with Gasteiger partial charge >= 0.3 is 0 Å². The first-order valence-electron chi connectivity index (χ1n) is 7.40. The van der Waals surface area contributed by atoms with Crippen molar-refractivity contribution in [2.75, 3.05) is 18.8 Å². The molecule has 0 unspecified atom stereocenters. The lowest BCUT2D eigenvalue weighted by Gasteiger charge is -2.09. The molecule has 0 saturated carbocycles. The number of hydrogen-bond donors (Lipinski definition) is 2. The molecule has 0 spiro atoms. The van der Waals surface area contributed by atoms with Crippen LogP contribution in [0.1, 0.15) is 6.92 Å². The third kappa shape index (κ3) is 3.59. The lowest BCUT2D eigenvalue weighted by molar-refractivity contribution is 0.587. The van der Waals surface area contributed by atoms with E-state index in [1.165, 1.54) is 18.1 Å². The van der Waals surface area contributed by atoms with Gasteiger partial charge in [0.25, 0.3) is 0 Å². The van der Waals surface area contributed by atoms with Gasteiger partial charge in [-0.3, -0.25) is 0 Å². The largest absolute Gasteiger partial charge is 0.382 e. The second-order valence-corrected chi connectivity index (χ2v) is 6.86. The number of nitrogens with zero attached hydrogens (tertiary/aromatic N) is 4. The van der Waals surface area contributed by atoms with Crippen LogP contribution in [-0.4, -0.2) is 32.6 Å². The Morgan fingerprint density at radius 2 is 2.12 bits per heavy atom. The number of hydrogen-bond acceptors (Lipinski definition) is 6. The maximum atomic E-state index is 6.28. The molecule has 126 valence electrons. The molecule has 3 aromatic rings. The number of benzene rings is 1. The molecule has 2 heterocycles. The van der Waals surface area contributed by atoms with Gasteiger partial charge in [0.2, 0.25) is 0 Å². The maximum absolute atomic E-state index is 6.28. The maximum Gasteiger partial charge on any atom is 0.175 e. The molecular weight excluding hydrogens is 367 g/mol. The molecule has 0 aliphatic heterocycles. The Labute approximate surface area is 153 Å². The zero-order chi connectivity index (χ0) is 17.1. The van der Waals surface area contributed by atoms with E-state index in [1.807, 2.05) is 10.6 Å². The van der Waals surface area contributed by atoms with Crippen LogP contribution in [0.25, 0.3) is 11.2 Å². The summed E-state index contributed by atoms with van der Waals surface area (Å²) in [6.45, 7) is 4.48. The molecule has 0 amide bonds. The van der Waals surface area contributed by atoms with Crippen LogP contribution in [0, 0.1) is 0 Å². The number of nitrogens with one attached hydrogen (secondary N) is 1. The molecule has 0 aliphatic carbocycles. The number of fused-ring (bicyclic) bond motifs is 1. The summed E-state index contributed by atoms with van der Waals surface area (Å²) in [6, 6.07) is 5.39. The first kappa shape index (κ1) is 17.3. The molecule has 2 aromatic heterocycles. The number of nitrogen functional groups attached to an aromatic ring is 1. The molecular formula is C15H16Cl2N6S. The van der Waals surface area contributed by atoms with Gasteiger partial charge < -0.3 is 15.6 Å². The minimum absolute atomic E-state index is 0.367. The zero-order valence-electron chi connectivity index (χ0n) is 13.0. The molecule has 0 radical (unpaired) electrons. The summed E-state index contributed by atoms with van der Waals surface area (Å²) in [5, 5.41) is 5.24. The second-order valence-electron chi connectivity index (χ2n) is 5.01. The predicted octanol–water partition coefficient (Wildman–Crippen LogP) is 3.48. The van der Waals surface area contributed by atoms with E-state index in [0.717, 1.165) is 23.1 Å². The van der Waals surface area contributed by atoms with Crippen LogP contribution < -0.4 is 11.1 Å². The number of anilines is 1. The molecule has 0 aliphatic rings. The van der Waals surface area contributed by atoms with Crippen molar-refractivity contribution in [3.05, 3.63) is 34.6 Å². The third-order valence-corrected chi connectivity index (χ3v) is 5.11. The molecule has 3 rings (SSSR count). The van der Waals surface area contributed by atoms with Crippen LogP contribution in [0.2, 0.25) is 10.0 Å². The number of nitrogens with two attached hydrogens (primary N) is 1. The van der Waals surface area contributed by atoms with Gasteiger partial charge in [-0.15, -0.1) is 0 Å². The molecule has 24 heavy (non-hydrogen) atoms. The Kier molecular flexibility index (Phi) is 5.45. The topological polar surface area (TPSA) is 81.7 Å². The van der Waals surface area contributed by atoms with Gasteiger partial charge in [-0.25, -0.2) is 15.0 Å². The van der Waals surface area contributed by atoms with Crippen molar-refractivity contribution in [3.8, 4) is 0 Å². The highest BCUT2D eigenvalue weighted by Gasteiger charge is 2.16. The molecule has 9 heteroatoms. The van der Waals surface area contributed by atoms with E-state index in [0.29, 0.717) is 33.6 Å². The third-order valence-electron chi connectivity index (χ3n) is 3.38. The van der Waals surface area contributed by atoms with E-state index in [4.69, 9.17) is 28.9 Å². The summed E-state index contributed by atoms with van der Waals surface area (Å²) >= 11 is 13.7. The highest BCUT2D eigenvalue weighted by atomic mass is 35.5. The number of likely N-dealkylation sites (N-methyl/N-ethyl adjacent to an activating group) is 1. The number of aromatic nitrogens is 4. The predicted molar refractivity (Wildman–Crippen MR) is 98.9 cm³/mol. The first-order valence-corrected chi connectivity index (χ1v) is 8.97. The van der Waals surface area contributed by atoms with Gasteiger partial charge in [0, 0.05) is 23.0 Å². The normalized spacial score (nSPS) is 11.3. The fraction of sp³-hybridized carbons (Fsp3) is 0.267. The summed E-state index contributed by atoms with van der Waals surface area (Å²) in [7, 11) is 0. The fourth-order valence-electron chi connectivity index (χ4n) is 2.24. The Balaban J connectivity index is 2.01. The van der Waals surface area contributed by atoms with E-state index in [1.54, 1.807) is 12.1 Å². The van der Waals surface area contributed by atoms with E-state index >= 15 is 0 Å². The Morgan fingerprint density at radius 1 is 1.29 bits per heavy atom. The van der Waals surface area contributed by atoms with Gasteiger partial charge in [0.15, 0.2) is 22.1 Å². The highest BCUT2D eigenvalue weighted by Crippen LogP contribution is 2.36. The van der Waals surface area contributed by atoms with Crippen molar-refractivity contribution in [2.45, 2.75) is 23.5 Å². The molecule has 0 fully saturated rings.